The van der Waals surface area contributed by atoms with E-state index in [1.54, 1.807) is 0 Å². The number of anilines is 1. The number of benzene rings is 1. The van der Waals surface area contributed by atoms with E-state index >= 15 is 0 Å². The van der Waals surface area contributed by atoms with Gasteiger partial charge in [0, 0.05) is 26.2 Å². The molecule has 21 heavy (non-hydrogen) atoms. The second-order valence-electron chi connectivity index (χ2n) is 5.55. The van der Waals surface area contributed by atoms with E-state index in [2.05, 4.69) is 22.6 Å². The molecule has 1 aromatic rings. The highest BCUT2D eigenvalue weighted by Gasteiger charge is 2.18. The molecule has 2 aliphatic rings. The number of carbonyl (C=O) groups is 1. The Hall–Kier alpha value is -1.63. The molecule has 1 saturated heterocycles. The lowest BCUT2D eigenvalue weighted by molar-refractivity contribution is -0.118. The fourth-order valence-corrected chi connectivity index (χ4v) is 2.61. The predicted octanol–water partition coefficient (Wildman–Crippen LogP) is 0.438. The Balaban J connectivity index is 1.51. The van der Waals surface area contributed by atoms with Crippen LogP contribution in [0.3, 0.4) is 0 Å². The standard InChI is InChI=1S/C15H21N3O3/c1-18-4-5-20-12(9-18)8-16-7-11-2-3-14-13(6-11)17-15(19)10-21-14/h2-3,6,12,16H,4-5,7-10H2,1H3,(H,17,19). The second-order valence-corrected chi connectivity index (χ2v) is 5.55. The van der Waals surface area contributed by atoms with Crippen LogP contribution in [0.4, 0.5) is 5.69 Å². The normalized spacial score (nSPS) is 22.3. The summed E-state index contributed by atoms with van der Waals surface area (Å²) in [4.78, 5) is 13.6. The first-order valence-electron chi connectivity index (χ1n) is 7.27. The first-order valence-corrected chi connectivity index (χ1v) is 7.27. The van der Waals surface area contributed by atoms with E-state index in [4.69, 9.17) is 9.47 Å². The number of ether oxygens (including phenoxy) is 2. The molecule has 0 aliphatic carbocycles. The van der Waals surface area contributed by atoms with Crippen molar-refractivity contribution in [3.63, 3.8) is 0 Å². The average molecular weight is 291 g/mol. The lowest BCUT2D eigenvalue weighted by Gasteiger charge is -2.30. The number of likely N-dealkylation sites (N-methyl/N-ethyl adjacent to an activating group) is 1. The summed E-state index contributed by atoms with van der Waals surface area (Å²) in [5.41, 5.74) is 1.86. The van der Waals surface area contributed by atoms with Crippen molar-refractivity contribution in [3.05, 3.63) is 23.8 Å². The summed E-state index contributed by atoms with van der Waals surface area (Å²) < 4.78 is 11.1. The van der Waals surface area contributed by atoms with Gasteiger partial charge in [-0.05, 0) is 24.7 Å². The minimum absolute atomic E-state index is 0.0944. The van der Waals surface area contributed by atoms with Crippen molar-refractivity contribution in [2.24, 2.45) is 0 Å². The highest BCUT2D eigenvalue weighted by atomic mass is 16.5. The van der Waals surface area contributed by atoms with Crippen LogP contribution < -0.4 is 15.4 Å². The summed E-state index contributed by atoms with van der Waals surface area (Å²) in [6, 6.07) is 5.86. The van der Waals surface area contributed by atoms with Gasteiger partial charge in [-0.15, -0.1) is 0 Å². The van der Waals surface area contributed by atoms with E-state index in [1.807, 2.05) is 18.2 Å². The van der Waals surface area contributed by atoms with Crippen LogP contribution in [0, 0.1) is 0 Å². The molecule has 0 bridgehead atoms. The molecule has 0 saturated carbocycles. The molecule has 0 radical (unpaired) electrons. The molecule has 2 N–H and O–H groups in total. The van der Waals surface area contributed by atoms with Crippen LogP contribution >= 0.6 is 0 Å². The Bertz CT molecular complexity index is 521. The zero-order valence-electron chi connectivity index (χ0n) is 12.2. The smallest absolute Gasteiger partial charge is 0.262 e. The van der Waals surface area contributed by atoms with E-state index < -0.39 is 0 Å². The van der Waals surface area contributed by atoms with Gasteiger partial charge >= 0.3 is 0 Å². The topological polar surface area (TPSA) is 62.8 Å². The number of nitrogens with zero attached hydrogens (tertiary/aromatic N) is 1. The zero-order chi connectivity index (χ0) is 14.7. The van der Waals surface area contributed by atoms with Crippen molar-refractivity contribution in [3.8, 4) is 5.75 Å². The lowest BCUT2D eigenvalue weighted by Crippen LogP contribution is -2.44. The molecule has 6 nitrogen and oxygen atoms in total. The van der Waals surface area contributed by atoms with Crippen LogP contribution in [0.25, 0.3) is 0 Å². The molecular formula is C15H21N3O3. The zero-order valence-corrected chi connectivity index (χ0v) is 12.2. The van der Waals surface area contributed by atoms with Gasteiger partial charge in [-0.25, -0.2) is 0 Å². The van der Waals surface area contributed by atoms with Gasteiger partial charge in [0.25, 0.3) is 5.91 Å². The van der Waals surface area contributed by atoms with Crippen LogP contribution in [0.5, 0.6) is 5.75 Å². The molecule has 2 aliphatic heterocycles. The Morgan fingerprint density at radius 3 is 3.24 bits per heavy atom. The van der Waals surface area contributed by atoms with Crippen LogP contribution in [0.1, 0.15) is 5.56 Å². The van der Waals surface area contributed by atoms with Gasteiger partial charge < -0.3 is 25.0 Å². The molecule has 114 valence electrons. The second kappa shape index (κ2) is 6.43. The maximum absolute atomic E-state index is 11.3. The largest absolute Gasteiger partial charge is 0.482 e. The van der Waals surface area contributed by atoms with Crippen LogP contribution in [0.15, 0.2) is 18.2 Å². The first kappa shape index (κ1) is 14.3. The summed E-state index contributed by atoms with van der Waals surface area (Å²) in [7, 11) is 2.11. The van der Waals surface area contributed by atoms with Crippen molar-refractivity contribution in [1.82, 2.24) is 10.2 Å². The summed E-state index contributed by atoms with van der Waals surface area (Å²) in [5, 5.41) is 6.23. The summed E-state index contributed by atoms with van der Waals surface area (Å²) in [6.07, 6.45) is 0.240. The number of morpholine rings is 1. The fraction of sp³-hybridized carbons (Fsp3) is 0.533. The summed E-state index contributed by atoms with van der Waals surface area (Å²) in [6.45, 7) is 4.42. The first-order chi connectivity index (χ1) is 10.2. The van der Waals surface area contributed by atoms with Gasteiger partial charge in [0.15, 0.2) is 6.61 Å². The number of carbonyl (C=O) groups excluding carboxylic acids is 1. The Kier molecular flexibility index (Phi) is 4.38. The molecule has 6 heteroatoms. The Labute approximate surface area is 124 Å². The number of nitrogens with one attached hydrogen (secondary N) is 2. The quantitative estimate of drug-likeness (QED) is 0.843. The molecule has 0 spiro atoms. The van der Waals surface area contributed by atoms with Gasteiger partial charge in [0.05, 0.1) is 18.4 Å². The average Bonchev–Trinajstić information content (AvgIpc) is 2.47. The van der Waals surface area contributed by atoms with Crippen molar-refractivity contribution >= 4 is 11.6 Å². The van der Waals surface area contributed by atoms with Crippen molar-refractivity contribution < 1.29 is 14.3 Å². The van der Waals surface area contributed by atoms with Gasteiger partial charge in [0.1, 0.15) is 5.75 Å². The Morgan fingerprint density at radius 1 is 1.48 bits per heavy atom. The third kappa shape index (κ3) is 3.72. The molecule has 1 unspecified atom stereocenters. The van der Waals surface area contributed by atoms with E-state index in [0.717, 1.165) is 49.8 Å². The van der Waals surface area contributed by atoms with Crippen LogP contribution in [-0.4, -0.2) is 56.8 Å². The fourth-order valence-electron chi connectivity index (χ4n) is 2.61. The third-order valence-corrected chi connectivity index (χ3v) is 3.72. The highest BCUT2D eigenvalue weighted by Crippen LogP contribution is 2.28. The van der Waals surface area contributed by atoms with Crippen molar-refractivity contribution in [1.29, 1.82) is 0 Å². The molecular weight excluding hydrogens is 270 g/mol. The molecule has 3 rings (SSSR count). The van der Waals surface area contributed by atoms with Crippen molar-refractivity contribution in [2.75, 3.05) is 45.2 Å². The minimum Gasteiger partial charge on any atom is -0.482 e. The number of hydrogen-bond acceptors (Lipinski definition) is 5. The minimum atomic E-state index is -0.105. The molecule has 1 atom stereocenters. The number of amides is 1. The number of hydrogen-bond donors (Lipinski definition) is 2. The van der Waals surface area contributed by atoms with Gasteiger partial charge in [-0.1, -0.05) is 6.07 Å². The summed E-state index contributed by atoms with van der Waals surface area (Å²) in [5.74, 6) is 0.627. The maximum atomic E-state index is 11.3. The monoisotopic (exact) mass is 291 g/mol. The SMILES string of the molecule is CN1CCOC(CNCc2ccc3c(c2)NC(=O)CO3)C1. The van der Waals surface area contributed by atoms with E-state index in [9.17, 15) is 4.79 Å². The highest BCUT2D eigenvalue weighted by molar-refractivity contribution is 5.95. The van der Waals surface area contributed by atoms with Gasteiger partial charge in [-0.3, -0.25) is 4.79 Å². The van der Waals surface area contributed by atoms with Gasteiger partial charge in [0.2, 0.25) is 0 Å². The molecule has 1 amide bonds. The van der Waals surface area contributed by atoms with E-state index in [1.165, 1.54) is 0 Å². The molecule has 1 aromatic carbocycles. The van der Waals surface area contributed by atoms with Crippen molar-refractivity contribution in [2.45, 2.75) is 12.6 Å². The van der Waals surface area contributed by atoms with Crippen LogP contribution in [-0.2, 0) is 16.1 Å². The lowest BCUT2D eigenvalue weighted by atomic mass is 10.1. The molecule has 1 fully saturated rings. The van der Waals surface area contributed by atoms with Crippen LogP contribution in [0.2, 0.25) is 0 Å². The summed E-state index contributed by atoms with van der Waals surface area (Å²) >= 11 is 0. The maximum Gasteiger partial charge on any atom is 0.262 e. The Morgan fingerprint density at radius 2 is 2.38 bits per heavy atom. The predicted molar refractivity (Wildman–Crippen MR) is 79.5 cm³/mol. The molecule has 2 heterocycles. The third-order valence-electron chi connectivity index (χ3n) is 3.72. The molecule has 0 aromatic heterocycles. The van der Waals surface area contributed by atoms with E-state index in [0.29, 0.717) is 0 Å². The number of rotatable bonds is 4. The number of fused-ring (bicyclic) bond motifs is 1. The van der Waals surface area contributed by atoms with E-state index in [-0.39, 0.29) is 18.6 Å². The van der Waals surface area contributed by atoms with Gasteiger partial charge in [-0.2, -0.15) is 0 Å².